The fourth-order valence-corrected chi connectivity index (χ4v) is 1.81. The maximum absolute atomic E-state index is 12.4. The van der Waals surface area contributed by atoms with Gasteiger partial charge in [0.2, 0.25) is 0 Å². The molecule has 1 unspecified atom stereocenters. The number of amides is 1. The summed E-state index contributed by atoms with van der Waals surface area (Å²) in [7, 11) is 0. The van der Waals surface area contributed by atoms with Crippen LogP contribution in [0.3, 0.4) is 0 Å². The second-order valence-electron chi connectivity index (χ2n) is 4.93. The van der Waals surface area contributed by atoms with Gasteiger partial charge in [0.05, 0.1) is 11.0 Å². The van der Waals surface area contributed by atoms with Crippen molar-refractivity contribution < 1.29 is 14.8 Å². The molecule has 0 spiro atoms. The van der Waals surface area contributed by atoms with Crippen LogP contribution in [0, 0.1) is 10.1 Å². The van der Waals surface area contributed by atoms with Crippen molar-refractivity contribution in [1.82, 2.24) is 4.90 Å². The van der Waals surface area contributed by atoms with Crippen LogP contribution in [0.2, 0.25) is 0 Å². The fraction of sp³-hybridized carbons (Fsp3) is 0.462. The lowest BCUT2D eigenvalue weighted by Gasteiger charge is -2.28. The number of hydrogen-bond donors (Lipinski definition) is 2. The molecule has 0 aliphatic rings. The third-order valence-electron chi connectivity index (χ3n) is 2.82. The first-order valence-corrected chi connectivity index (χ1v) is 6.27. The molecule has 0 fully saturated rings. The smallest absolute Gasteiger partial charge is 0.292 e. The first kappa shape index (κ1) is 15.9. The maximum atomic E-state index is 12.4. The summed E-state index contributed by atoms with van der Waals surface area (Å²) in [4.78, 5) is 24.0. The molecule has 1 aromatic rings. The summed E-state index contributed by atoms with van der Waals surface area (Å²) >= 11 is 0. The average Bonchev–Trinajstić information content (AvgIpc) is 2.34. The molecule has 0 bridgehead atoms. The van der Waals surface area contributed by atoms with Gasteiger partial charge in [0.15, 0.2) is 0 Å². The lowest BCUT2D eigenvalue weighted by Crippen LogP contribution is -2.41. The van der Waals surface area contributed by atoms with Gasteiger partial charge in [0.25, 0.3) is 11.6 Å². The number of nitrogens with two attached hydrogens (primary N) is 1. The Kier molecular flexibility index (Phi) is 5.04. The molecule has 20 heavy (non-hydrogen) atoms. The lowest BCUT2D eigenvalue weighted by molar-refractivity contribution is -0.383. The summed E-state index contributed by atoms with van der Waals surface area (Å²) in [6.45, 7) is 5.36. The van der Waals surface area contributed by atoms with Crippen LogP contribution in [0.15, 0.2) is 18.2 Å². The van der Waals surface area contributed by atoms with Crippen LogP contribution < -0.4 is 5.73 Å². The van der Waals surface area contributed by atoms with Crippen LogP contribution in [-0.4, -0.2) is 39.5 Å². The summed E-state index contributed by atoms with van der Waals surface area (Å²) in [5, 5.41) is 20.3. The van der Waals surface area contributed by atoms with Gasteiger partial charge in [-0.3, -0.25) is 14.9 Å². The third-order valence-corrected chi connectivity index (χ3v) is 2.82. The van der Waals surface area contributed by atoms with Gasteiger partial charge in [-0.1, -0.05) is 0 Å². The second-order valence-corrected chi connectivity index (χ2v) is 4.93. The number of nitro groups is 1. The maximum Gasteiger partial charge on any atom is 0.292 e. The normalized spacial score (nSPS) is 12.2. The molecule has 0 radical (unpaired) electrons. The number of rotatable bonds is 5. The van der Waals surface area contributed by atoms with E-state index in [0.717, 1.165) is 6.07 Å². The number of anilines is 1. The molecular formula is C13H19N3O4. The monoisotopic (exact) mass is 281 g/mol. The van der Waals surface area contributed by atoms with Crippen LogP contribution in [0.25, 0.3) is 0 Å². The Bertz CT molecular complexity index is 514. The Hall–Kier alpha value is -2.15. The molecule has 7 heteroatoms. The van der Waals surface area contributed by atoms with E-state index in [1.165, 1.54) is 17.0 Å². The highest BCUT2D eigenvalue weighted by molar-refractivity contribution is 5.95. The minimum Gasteiger partial charge on any atom is -0.393 e. The molecule has 1 amide bonds. The van der Waals surface area contributed by atoms with E-state index < -0.39 is 11.0 Å². The van der Waals surface area contributed by atoms with Gasteiger partial charge in [-0.2, -0.15) is 0 Å². The van der Waals surface area contributed by atoms with Crippen LogP contribution >= 0.6 is 0 Å². The molecule has 3 N–H and O–H groups in total. The molecule has 1 atom stereocenters. The minimum absolute atomic E-state index is 0.0122. The van der Waals surface area contributed by atoms with Crippen molar-refractivity contribution in [2.45, 2.75) is 32.9 Å². The highest BCUT2D eigenvalue weighted by atomic mass is 16.6. The van der Waals surface area contributed by atoms with E-state index >= 15 is 0 Å². The van der Waals surface area contributed by atoms with Crippen molar-refractivity contribution in [1.29, 1.82) is 0 Å². The first-order valence-electron chi connectivity index (χ1n) is 6.27. The molecule has 0 aliphatic carbocycles. The summed E-state index contributed by atoms with van der Waals surface area (Å²) in [5.74, 6) is -0.371. The Morgan fingerprint density at radius 1 is 1.45 bits per heavy atom. The van der Waals surface area contributed by atoms with Crippen molar-refractivity contribution in [3.05, 3.63) is 33.9 Å². The number of hydrogen-bond acceptors (Lipinski definition) is 5. The number of aliphatic hydroxyl groups is 1. The van der Waals surface area contributed by atoms with Gasteiger partial charge in [-0.25, -0.2) is 0 Å². The number of nitro benzene ring substituents is 1. The summed E-state index contributed by atoms with van der Waals surface area (Å²) < 4.78 is 0. The summed E-state index contributed by atoms with van der Waals surface area (Å²) in [5.41, 5.74) is 5.40. The summed E-state index contributed by atoms with van der Waals surface area (Å²) in [6, 6.07) is 3.82. The predicted octanol–water partition coefficient (Wildman–Crippen LogP) is 1.41. The zero-order valence-electron chi connectivity index (χ0n) is 11.7. The standard InChI is InChI=1S/C13H19N3O4/c1-8(2)15(7-9(3)17)13(18)10-4-5-11(14)12(6-10)16(19)20/h4-6,8-9,17H,7,14H2,1-3H3. The highest BCUT2D eigenvalue weighted by Gasteiger charge is 2.23. The molecule has 1 aromatic carbocycles. The number of carbonyl (C=O) groups excluding carboxylic acids is 1. The van der Waals surface area contributed by atoms with Crippen molar-refractivity contribution in [3.63, 3.8) is 0 Å². The van der Waals surface area contributed by atoms with Gasteiger partial charge in [-0.05, 0) is 32.9 Å². The summed E-state index contributed by atoms with van der Waals surface area (Å²) in [6.07, 6.45) is -0.676. The van der Waals surface area contributed by atoms with E-state index in [9.17, 15) is 20.0 Å². The van der Waals surface area contributed by atoms with Crippen LogP contribution in [-0.2, 0) is 0 Å². The molecule has 0 saturated carbocycles. The average molecular weight is 281 g/mol. The Balaban J connectivity index is 3.12. The van der Waals surface area contributed by atoms with Gasteiger partial charge >= 0.3 is 0 Å². The molecule has 110 valence electrons. The topological polar surface area (TPSA) is 110 Å². The van der Waals surface area contributed by atoms with Crippen LogP contribution in [0.1, 0.15) is 31.1 Å². The lowest BCUT2D eigenvalue weighted by atomic mass is 10.1. The zero-order chi connectivity index (χ0) is 15.4. The van der Waals surface area contributed by atoms with E-state index in [1.807, 2.05) is 13.8 Å². The van der Waals surface area contributed by atoms with Gasteiger partial charge in [0.1, 0.15) is 5.69 Å². The third kappa shape index (κ3) is 3.67. The molecular weight excluding hydrogens is 262 g/mol. The van der Waals surface area contributed by atoms with Gasteiger partial charge in [-0.15, -0.1) is 0 Å². The molecule has 0 aliphatic heterocycles. The SMILES string of the molecule is CC(O)CN(C(=O)c1ccc(N)c([N+](=O)[O-])c1)C(C)C. The zero-order valence-corrected chi connectivity index (χ0v) is 11.7. The Morgan fingerprint density at radius 3 is 2.50 bits per heavy atom. The van der Waals surface area contributed by atoms with Crippen LogP contribution in [0.4, 0.5) is 11.4 Å². The molecule has 1 rings (SSSR count). The molecule has 0 aromatic heterocycles. The molecule has 0 heterocycles. The van der Waals surface area contributed by atoms with Crippen molar-refractivity contribution in [2.75, 3.05) is 12.3 Å². The minimum atomic E-state index is -0.676. The largest absolute Gasteiger partial charge is 0.393 e. The number of nitrogens with zero attached hydrogens (tertiary/aromatic N) is 2. The van der Waals surface area contributed by atoms with E-state index in [1.54, 1.807) is 6.92 Å². The molecule has 0 saturated heterocycles. The fourth-order valence-electron chi connectivity index (χ4n) is 1.81. The quantitative estimate of drug-likeness (QED) is 0.481. The number of aliphatic hydroxyl groups excluding tert-OH is 1. The van der Waals surface area contributed by atoms with Crippen molar-refractivity contribution >= 4 is 17.3 Å². The first-order chi connectivity index (χ1) is 9.23. The van der Waals surface area contributed by atoms with Crippen LogP contribution in [0.5, 0.6) is 0 Å². The Morgan fingerprint density at radius 2 is 2.05 bits per heavy atom. The van der Waals surface area contributed by atoms with E-state index in [-0.39, 0.29) is 35.4 Å². The van der Waals surface area contributed by atoms with Gasteiger partial charge in [0, 0.05) is 24.2 Å². The second kappa shape index (κ2) is 6.33. The van der Waals surface area contributed by atoms with Crippen molar-refractivity contribution in [2.24, 2.45) is 0 Å². The van der Waals surface area contributed by atoms with E-state index in [0.29, 0.717) is 0 Å². The number of benzene rings is 1. The Labute approximate surface area is 117 Å². The predicted molar refractivity (Wildman–Crippen MR) is 75.4 cm³/mol. The van der Waals surface area contributed by atoms with Crippen molar-refractivity contribution in [3.8, 4) is 0 Å². The number of carbonyl (C=O) groups is 1. The van der Waals surface area contributed by atoms with E-state index in [2.05, 4.69) is 0 Å². The van der Waals surface area contributed by atoms with Gasteiger partial charge < -0.3 is 15.7 Å². The molecule has 7 nitrogen and oxygen atoms in total. The highest BCUT2D eigenvalue weighted by Crippen LogP contribution is 2.23. The number of nitrogen functional groups attached to an aromatic ring is 1. The van der Waals surface area contributed by atoms with E-state index in [4.69, 9.17) is 5.73 Å².